The topological polar surface area (TPSA) is 41.6 Å². The molecule has 1 N–H and O–H groups in total. The van der Waals surface area contributed by atoms with E-state index in [2.05, 4.69) is 16.3 Å². The van der Waals surface area contributed by atoms with Gasteiger partial charge in [0.2, 0.25) is 0 Å². The predicted octanol–water partition coefficient (Wildman–Crippen LogP) is 3.63. The fourth-order valence-electron chi connectivity index (χ4n) is 2.89. The first kappa shape index (κ1) is 18.0. The molecule has 5 heteroatoms. The van der Waals surface area contributed by atoms with E-state index < -0.39 is 0 Å². The summed E-state index contributed by atoms with van der Waals surface area (Å²) in [6.45, 7) is 3.64. The Morgan fingerprint density at radius 2 is 1.84 bits per heavy atom. The van der Waals surface area contributed by atoms with Crippen LogP contribution in [0.4, 0.5) is 5.69 Å². The average Bonchev–Trinajstić information content (AvgIpc) is 2.65. The molecular formula is C20H24N2O2S. The molecular weight excluding hydrogens is 332 g/mol. The highest BCUT2D eigenvalue weighted by atomic mass is 32.2. The molecule has 1 amide bonds. The minimum absolute atomic E-state index is 0.0781. The second kappa shape index (κ2) is 9.04. The first-order chi connectivity index (χ1) is 12.3. The van der Waals surface area contributed by atoms with Crippen LogP contribution in [-0.2, 0) is 17.9 Å². The second-order valence-electron chi connectivity index (χ2n) is 6.13. The first-order valence-electron chi connectivity index (χ1n) is 8.53. The third-order valence-electron chi connectivity index (χ3n) is 4.29. The van der Waals surface area contributed by atoms with Gasteiger partial charge in [-0.1, -0.05) is 30.3 Å². The van der Waals surface area contributed by atoms with Gasteiger partial charge in [0, 0.05) is 49.5 Å². The Hall–Kier alpha value is -1.82. The number of methoxy groups -OCH3 is 1. The van der Waals surface area contributed by atoms with Gasteiger partial charge in [0.05, 0.1) is 6.61 Å². The van der Waals surface area contributed by atoms with Crippen molar-refractivity contribution in [3.8, 4) is 0 Å². The van der Waals surface area contributed by atoms with E-state index in [9.17, 15) is 4.79 Å². The van der Waals surface area contributed by atoms with Crippen LogP contribution in [0.15, 0.2) is 48.5 Å². The highest BCUT2D eigenvalue weighted by Gasteiger charge is 2.14. The molecule has 0 bridgehead atoms. The number of thioether (sulfide) groups is 1. The number of benzene rings is 2. The van der Waals surface area contributed by atoms with Gasteiger partial charge in [-0.05, 0) is 29.3 Å². The lowest BCUT2D eigenvalue weighted by atomic mass is 10.1. The lowest BCUT2D eigenvalue weighted by Gasteiger charge is -2.27. The van der Waals surface area contributed by atoms with Crippen molar-refractivity contribution >= 4 is 23.4 Å². The minimum Gasteiger partial charge on any atom is -0.380 e. The highest BCUT2D eigenvalue weighted by molar-refractivity contribution is 7.99. The molecule has 4 nitrogen and oxygen atoms in total. The zero-order chi connectivity index (χ0) is 17.5. The standard InChI is InChI=1S/C20H24N2O2S/c1-24-15-16-6-8-17(9-7-16)20(23)21-19-5-3-2-4-18(19)14-22-10-12-25-13-11-22/h2-9H,10-15H2,1H3,(H,21,23). The molecule has 0 radical (unpaired) electrons. The Morgan fingerprint density at radius 1 is 1.12 bits per heavy atom. The van der Waals surface area contributed by atoms with E-state index in [1.54, 1.807) is 7.11 Å². The maximum atomic E-state index is 12.6. The fourth-order valence-corrected chi connectivity index (χ4v) is 3.87. The van der Waals surface area contributed by atoms with Gasteiger partial charge < -0.3 is 10.1 Å². The van der Waals surface area contributed by atoms with Crippen LogP contribution < -0.4 is 5.32 Å². The molecule has 0 spiro atoms. The van der Waals surface area contributed by atoms with Gasteiger partial charge in [0.25, 0.3) is 5.91 Å². The molecule has 25 heavy (non-hydrogen) atoms. The van der Waals surface area contributed by atoms with Crippen LogP contribution in [0.2, 0.25) is 0 Å². The van der Waals surface area contributed by atoms with Crippen molar-refractivity contribution in [2.75, 3.05) is 37.0 Å². The molecule has 1 aliphatic heterocycles. The number of carbonyl (C=O) groups is 1. The molecule has 2 aromatic carbocycles. The molecule has 0 saturated carbocycles. The van der Waals surface area contributed by atoms with E-state index in [0.717, 1.165) is 30.9 Å². The molecule has 1 saturated heterocycles. The van der Waals surface area contributed by atoms with E-state index in [4.69, 9.17) is 4.74 Å². The van der Waals surface area contributed by atoms with Crippen molar-refractivity contribution in [3.05, 3.63) is 65.2 Å². The number of hydrogen-bond donors (Lipinski definition) is 1. The molecule has 3 rings (SSSR count). The third kappa shape index (κ3) is 5.08. The SMILES string of the molecule is COCc1ccc(C(=O)Nc2ccccc2CN2CCSCC2)cc1. The van der Waals surface area contributed by atoms with Crippen molar-refractivity contribution in [1.82, 2.24) is 4.90 Å². The summed E-state index contributed by atoms with van der Waals surface area (Å²) >= 11 is 2.01. The van der Waals surface area contributed by atoms with Crippen LogP contribution in [0.1, 0.15) is 21.5 Å². The van der Waals surface area contributed by atoms with Gasteiger partial charge in [-0.3, -0.25) is 9.69 Å². The maximum absolute atomic E-state index is 12.6. The predicted molar refractivity (Wildman–Crippen MR) is 104 cm³/mol. The van der Waals surface area contributed by atoms with Gasteiger partial charge in [-0.25, -0.2) is 0 Å². The molecule has 1 fully saturated rings. The van der Waals surface area contributed by atoms with Gasteiger partial charge in [0.1, 0.15) is 0 Å². The third-order valence-corrected chi connectivity index (χ3v) is 5.23. The molecule has 2 aromatic rings. The Kier molecular flexibility index (Phi) is 6.50. The number of amides is 1. The van der Waals surface area contributed by atoms with Crippen LogP contribution in [0.5, 0.6) is 0 Å². The van der Waals surface area contributed by atoms with E-state index in [1.807, 2.05) is 54.2 Å². The average molecular weight is 356 g/mol. The quantitative estimate of drug-likeness (QED) is 0.858. The normalized spacial score (nSPS) is 15.1. The molecule has 0 unspecified atom stereocenters. The van der Waals surface area contributed by atoms with Crippen molar-refractivity contribution < 1.29 is 9.53 Å². The van der Waals surface area contributed by atoms with Crippen molar-refractivity contribution in [3.63, 3.8) is 0 Å². The van der Waals surface area contributed by atoms with Crippen LogP contribution in [0.25, 0.3) is 0 Å². The van der Waals surface area contributed by atoms with E-state index in [-0.39, 0.29) is 5.91 Å². The van der Waals surface area contributed by atoms with Crippen molar-refractivity contribution in [2.24, 2.45) is 0 Å². The molecule has 1 aliphatic rings. The first-order valence-corrected chi connectivity index (χ1v) is 9.69. The van der Waals surface area contributed by atoms with E-state index >= 15 is 0 Å². The Labute approximate surface area is 153 Å². The summed E-state index contributed by atoms with van der Waals surface area (Å²) in [4.78, 5) is 15.0. The monoisotopic (exact) mass is 356 g/mol. The van der Waals surface area contributed by atoms with Crippen molar-refractivity contribution in [1.29, 1.82) is 0 Å². The number of para-hydroxylation sites is 1. The summed E-state index contributed by atoms with van der Waals surface area (Å²) in [6, 6.07) is 15.6. The minimum atomic E-state index is -0.0781. The molecule has 0 aromatic heterocycles. The fraction of sp³-hybridized carbons (Fsp3) is 0.350. The van der Waals surface area contributed by atoms with Gasteiger partial charge in [-0.15, -0.1) is 0 Å². The maximum Gasteiger partial charge on any atom is 0.255 e. The summed E-state index contributed by atoms with van der Waals surface area (Å²) in [5, 5.41) is 3.07. The number of ether oxygens (including phenoxy) is 1. The number of nitrogens with one attached hydrogen (secondary N) is 1. The number of carbonyl (C=O) groups excluding carboxylic acids is 1. The van der Waals surface area contributed by atoms with E-state index in [0.29, 0.717) is 12.2 Å². The summed E-state index contributed by atoms with van der Waals surface area (Å²) < 4.78 is 5.11. The number of rotatable bonds is 6. The van der Waals surface area contributed by atoms with Crippen molar-refractivity contribution in [2.45, 2.75) is 13.2 Å². The Balaban J connectivity index is 1.68. The van der Waals surface area contributed by atoms with E-state index in [1.165, 1.54) is 17.1 Å². The van der Waals surface area contributed by atoms with Crippen LogP contribution in [0, 0.1) is 0 Å². The second-order valence-corrected chi connectivity index (χ2v) is 7.35. The van der Waals surface area contributed by atoms with Gasteiger partial charge in [0.15, 0.2) is 0 Å². The lowest BCUT2D eigenvalue weighted by molar-refractivity contribution is 0.102. The highest BCUT2D eigenvalue weighted by Crippen LogP contribution is 2.20. The van der Waals surface area contributed by atoms with Gasteiger partial charge in [-0.2, -0.15) is 11.8 Å². The molecule has 0 aliphatic carbocycles. The van der Waals surface area contributed by atoms with Gasteiger partial charge >= 0.3 is 0 Å². The lowest BCUT2D eigenvalue weighted by Crippen LogP contribution is -2.32. The Bertz CT molecular complexity index is 697. The molecule has 0 atom stereocenters. The molecule has 132 valence electrons. The Morgan fingerprint density at radius 3 is 2.56 bits per heavy atom. The van der Waals surface area contributed by atoms with Crippen LogP contribution in [-0.4, -0.2) is 42.5 Å². The zero-order valence-corrected chi connectivity index (χ0v) is 15.3. The summed E-state index contributed by atoms with van der Waals surface area (Å²) in [5.41, 5.74) is 3.77. The smallest absolute Gasteiger partial charge is 0.255 e. The number of hydrogen-bond acceptors (Lipinski definition) is 4. The summed E-state index contributed by atoms with van der Waals surface area (Å²) in [7, 11) is 1.67. The van der Waals surface area contributed by atoms with Crippen LogP contribution >= 0.6 is 11.8 Å². The largest absolute Gasteiger partial charge is 0.380 e. The number of nitrogens with zero attached hydrogens (tertiary/aromatic N) is 1. The number of anilines is 1. The summed E-state index contributed by atoms with van der Waals surface area (Å²) in [5.74, 6) is 2.29. The zero-order valence-electron chi connectivity index (χ0n) is 14.5. The summed E-state index contributed by atoms with van der Waals surface area (Å²) in [6.07, 6.45) is 0. The molecule has 1 heterocycles. The van der Waals surface area contributed by atoms with Crippen LogP contribution in [0.3, 0.4) is 0 Å².